The highest BCUT2D eigenvalue weighted by atomic mass is 16.5. The van der Waals surface area contributed by atoms with E-state index in [0.717, 1.165) is 24.2 Å². The van der Waals surface area contributed by atoms with Crippen LogP contribution in [0.25, 0.3) is 0 Å². The molecule has 1 N–H and O–H groups in total. The first-order valence-corrected chi connectivity index (χ1v) is 7.09. The Morgan fingerprint density at radius 1 is 1.16 bits per heavy atom. The lowest BCUT2D eigenvalue weighted by atomic mass is 10.00. The first-order chi connectivity index (χ1) is 9.04. The van der Waals surface area contributed by atoms with Gasteiger partial charge in [0.05, 0.1) is 13.2 Å². The lowest BCUT2D eigenvalue weighted by Gasteiger charge is -2.35. The predicted molar refractivity (Wildman–Crippen MR) is 79.5 cm³/mol. The highest BCUT2D eigenvalue weighted by molar-refractivity contribution is 5.29. The average Bonchev–Trinajstić information content (AvgIpc) is 2.47. The average molecular weight is 265 g/mol. The van der Waals surface area contributed by atoms with Crippen LogP contribution in [0.1, 0.15) is 45.3 Å². The first kappa shape index (κ1) is 16.0. The predicted octanol–water partition coefficient (Wildman–Crippen LogP) is 3.24. The Kier molecular flexibility index (Phi) is 6.32. The fourth-order valence-electron chi connectivity index (χ4n) is 2.50. The molecule has 0 aliphatic heterocycles. The summed E-state index contributed by atoms with van der Waals surface area (Å²) >= 11 is 0. The van der Waals surface area contributed by atoms with Crippen LogP contribution in [0.15, 0.2) is 24.3 Å². The van der Waals surface area contributed by atoms with E-state index in [1.165, 1.54) is 0 Å². The zero-order valence-electron chi connectivity index (χ0n) is 12.8. The van der Waals surface area contributed by atoms with Crippen molar-refractivity contribution in [3.8, 4) is 5.75 Å². The fourth-order valence-corrected chi connectivity index (χ4v) is 2.50. The summed E-state index contributed by atoms with van der Waals surface area (Å²) in [4.78, 5) is 2.27. The van der Waals surface area contributed by atoms with E-state index in [1.807, 2.05) is 24.3 Å². The van der Waals surface area contributed by atoms with E-state index in [-0.39, 0.29) is 6.04 Å². The van der Waals surface area contributed by atoms with Gasteiger partial charge >= 0.3 is 0 Å². The Balaban J connectivity index is 2.77. The summed E-state index contributed by atoms with van der Waals surface area (Å²) in [6.45, 7) is 6.46. The molecule has 2 unspecified atom stereocenters. The molecule has 0 bridgehead atoms. The number of likely N-dealkylation sites (N-methyl/N-ethyl adjacent to an activating group) is 1. The van der Waals surface area contributed by atoms with E-state index in [0.29, 0.717) is 6.04 Å². The quantitative estimate of drug-likeness (QED) is 0.821. The molecule has 0 fully saturated rings. The Morgan fingerprint density at radius 3 is 2.11 bits per heavy atom. The van der Waals surface area contributed by atoms with Gasteiger partial charge in [0.25, 0.3) is 0 Å². The molecule has 0 aliphatic rings. The molecule has 1 rings (SSSR count). The van der Waals surface area contributed by atoms with Crippen molar-refractivity contribution in [2.75, 3.05) is 14.2 Å². The number of hydrogen-bond donors (Lipinski definition) is 1. The van der Waals surface area contributed by atoms with E-state index in [2.05, 4.69) is 32.7 Å². The molecule has 0 heterocycles. The van der Waals surface area contributed by atoms with Crippen LogP contribution in [0.2, 0.25) is 0 Å². The SMILES string of the molecule is CCC(CC)N(C)C(C)C(O)c1ccc(OC)cc1. The van der Waals surface area contributed by atoms with E-state index < -0.39 is 6.10 Å². The van der Waals surface area contributed by atoms with Gasteiger partial charge in [0, 0.05) is 12.1 Å². The van der Waals surface area contributed by atoms with Gasteiger partial charge in [-0.2, -0.15) is 0 Å². The van der Waals surface area contributed by atoms with Crippen LogP contribution in [-0.4, -0.2) is 36.2 Å². The number of aliphatic hydroxyl groups is 1. The summed E-state index contributed by atoms with van der Waals surface area (Å²) in [7, 11) is 3.74. The summed E-state index contributed by atoms with van der Waals surface area (Å²) in [6, 6.07) is 8.26. The number of methoxy groups -OCH3 is 1. The van der Waals surface area contributed by atoms with Crippen molar-refractivity contribution >= 4 is 0 Å². The summed E-state index contributed by atoms with van der Waals surface area (Å²) in [5.41, 5.74) is 0.936. The smallest absolute Gasteiger partial charge is 0.118 e. The van der Waals surface area contributed by atoms with Crippen molar-refractivity contribution in [3.63, 3.8) is 0 Å². The highest BCUT2D eigenvalue weighted by Gasteiger charge is 2.24. The van der Waals surface area contributed by atoms with Gasteiger partial charge in [0.2, 0.25) is 0 Å². The van der Waals surface area contributed by atoms with E-state index >= 15 is 0 Å². The minimum absolute atomic E-state index is 0.0956. The second-order valence-corrected chi connectivity index (χ2v) is 5.09. The van der Waals surface area contributed by atoms with Crippen molar-refractivity contribution in [1.82, 2.24) is 4.90 Å². The topological polar surface area (TPSA) is 32.7 Å². The molecule has 0 aliphatic carbocycles. The zero-order chi connectivity index (χ0) is 14.4. The van der Waals surface area contributed by atoms with Crippen LogP contribution in [0, 0.1) is 0 Å². The molecule has 108 valence electrons. The van der Waals surface area contributed by atoms with Gasteiger partial charge in [0.1, 0.15) is 5.75 Å². The van der Waals surface area contributed by atoms with Gasteiger partial charge in [-0.05, 0) is 44.5 Å². The van der Waals surface area contributed by atoms with Crippen LogP contribution in [0.4, 0.5) is 0 Å². The molecule has 1 aromatic carbocycles. The molecule has 19 heavy (non-hydrogen) atoms. The van der Waals surface area contributed by atoms with Gasteiger partial charge in [-0.25, -0.2) is 0 Å². The van der Waals surface area contributed by atoms with E-state index in [4.69, 9.17) is 4.74 Å². The van der Waals surface area contributed by atoms with Crippen molar-refractivity contribution in [1.29, 1.82) is 0 Å². The molecule has 3 heteroatoms. The van der Waals surface area contributed by atoms with Crippen LogP contribution in [0.3, 0.4) is 0 Å². The molecule has 0 saturated heterocycles. The Bertz CT molecular complexity index is 360. The molecule has 2 atom stereocenters. The maximum absolute atomic E-state index is 10.5. The molecular weight excluding hydrogens is 238 g/mol. The second kappa shape index (κ2) is 7.51. The number of nitrogens with zero attached hydrogens (tertiary/aromatic N) is 1. The summed E-state index contributed by atoms with van der Waals surface area (Å²) in [6.07, 6.45) is 1.73. The summed E-state index contributed by atoms with van der Waals surface area (Å²) in [5.74, 6) is 0.817. The van der Waals surface area contributed by atoms with Gasteiger partial charge in [-0.3, -0.25) is 4.90 Å². The van der Waals surface area contributed by atoms with Crippen LogP contribution >= 0.6 is 0 Å². The minimum Gasteiger partial charge on any atom is -0.497 e. The Hall–Kier alpha value is -1.06. The second-order valence-electron chi connectivity index (χ2n) is 5.09. The van der Waals surface area contributed by atoms with Crippen LogP contribution < -0.4 is 4.74 Å². The number of rotatable bonds is 7. The maximum Gasteiger partial charge on any atom is 0.118 e. The lowest BCUT2D eigenvalue weighted by Crippen LogP contribution is -2.41. The van der Waals surface area contributed by atoms with E-state index in [9.17, 15) is 5.11 Å². The summed E-state index contributed by atoms with van der Waals surface area (Å²) < 4.78 is 5.14. The largest absolute Gasteiger partial charge is 0.497 e. The normalized spacial score (nSPS) is 14.7. The lowest BCUT2D eigenvalue weighted by molar-refractivity contribution is 0.0468. The molecule has 1 aromatic rings. The number of hydrogen-bond acceptors (Lipinski definition) is 3. The third-order valence-electron chi connectivity index (χ3n) is 4.08. The maximum atomic E-state index is 10.5. The van der Waals surface area contributed by atoms with Crippen molar-refractivity contribution in [3.05, 3.63) is 29.8 Å². The highest BCUT2D eigenvalue weighted by Crippen LogP contribution is 2.24. The van der Waals surface area contributed by atoms with Gasteiger partial charge in [-0.15, -0.1) is 0 Å². The van der Waals surface area contributed by atoms with Crippen molar-refractivity contribution in [2.45, 2.75) is 51.8 Å². The number of aliphatic hydroxyl groups excluding tert-OH is 1. The minimum atomic E-state index is -0.475. The number of benzene rings is 1. The zero-order valence-corrected chi connectivity index (χ0v) is 12.8. The molecule has 3 nitrogen and oxygen atoms in total. The molecule has 0 aromatic heterocycles. The molecular formula is C16H27NO2. The molecule has 0 amide bonds. The van der Waals surface area contributed by atoms with Gasteiger partial charge in [0.15, 0.2) is 0 Å². The van der Waals surface area contributed by atoms with Gasteiger partial charge < -0.3 is 9.84 Å². The third-order valence-corrected chi connectivity index (χ3v) is 4.08. The fraction of sp³-hybridized carbons (Fsp3) is 0.625. The van der Waals surface area contributed by atoms with Crippen LogP contribution in [0.5, 0.6) is 5.75 Å². The number of ether oxygens (including phenoxy) is 1. The van der Waals surface area contributed by atoms with Crippen LogP contribution in [-0.2, 0) is 0 Å². The standard InChI is InChI=1S/C16H27NO2/c1-6-14(7-2)17(4)12(3)16(18)13-8-10-15(19-5)11-9-13/h8-12,14,16,18H,6-7H2,1-5H3. The molecule has 0 spiro atoms. The van der Waals surface area contributed by atoms with Crippen molar-refractivity contribution < 1.29 is 9.84 Å². The van der Waals surface area contributed by atoms with Crippen molar-refractivity contribution in [2.24, 2.45) is 0 Å². The first-order valence-electron chi connectivity index (χ1n) is 7.09. The Labute approximate surface area is 117 Å². The van der Waals surface area contributed by atoms with E-state index in [1.54, 1.807) is 7.11 Å². The molecule has 0 radical (unpaired) electrons. The molecule has 0 saturated carbocycles. The third kappa shape index (κ3) is 3.95. The van der Waals surface area contributed by atoms with Gasteiger partial charge in [-0.1, -0.05) is 26.0 Å². The monoisotopic (exact) mass is 265 g/mol. The summed E-state index contributed by atoms with van der Waals surface area (Å²) in [5, 5.41) is 10.5. The Morgan fingerprint density at radius 2 is 1.68 bits per heavy atom.